The van der Waals surface area contributed by atoms with Gasteiger partial charge in [-0.05, 0) is 69.4 Å². The molecule has 2 aromatic carbocycles. The second-order valence-electron chi connectivity index (χ2n) is 7.69. The number of ether oxygens (including phenoxy) is 1. The number of amides is 2. The van der Waals surface area contributed by atoms with Gasteiger partial charge in [-0.1, -0.05) is 29.8 Å². The SMILES string of the molecule is Cc1cc(C)c(OCC(=O)N[C@H](C)c2ccc(NC(=O)C3CC3)cc2)c(C)c1. The van der Waals surface area contributed by atoms with Gasteiger partial charge in [-0.15, -0.1) is 0 Å². The summed E-state index contributed by atoms with van der Waals surface area (Å²) in [5, 5.41) is 5.87. The lowest BCUT2D eigenvalue weighted by atomic mass is 10.1. The van der Waals surface area contributed by atoms with Gasteiger partial charge < -0.3 is 15.4 Å². The highest BCUT2D eigenvalue weighted by atomic mass is 16.5. The molecule has 148 valence electrons. The van der Waals surface area contributed by atoms with Crippen LogP contribution in [-0.4, -0.2) is 18.4 Å². The lowest BCUT2D eigenvalue weighted by Gasteiger charge is -2.17. The Bertz CT molecular complexity index is 847. The zero-order valence-corrected chi connectivity index (χ0v) is 17.0. The molecular formula is C23H28N2O3. The predicted octanol–water partition coefficient (Wildman–Crippen LogP) is 4.22. The van der Waals surface area contributed by atoms with Crippen molar-refractivity contribution in [3.8, 4) is 5.75 Å². The molecule has 0 aliphatic heterocycles. The van der Waals surface area contributed by atoms with Crippen LogP contribution >= 0.6 is 0 Å². The molecule has 0 bridgehead atoms. The van der Waals surface area contributed by atoms with Gasteiger partial charge in [-0.25, -0.2) is 0 Å². The van der Waals surface area contributed by atoms with Crippen molar-refractivity contribution >= 4 is 17.5 Å². The van der Waals surface area contributed by atoms with E-state index in [0.717, 1.165) is 41.0 Å². The van der Waals surface area contributed by atoms with Crippen LogP contribution in [0.15, 0.2) is 36.4 Å². The maximum absolute atomic E-state index is 12.3. The van der Waals surface area contributed by atoms with E-state index in [2.05, 4.69) is 10.6 Å². The highest BCUT2D eigenvalue weighted by Gasteiger charge is 2.29. The summed E-state index contributed by atoms with van der Waals surface area (Å²) >= 11 is 0. The van der Waals surface area contributed by atoms with Gasteiger partial charge in [0.25, 0.3) is 5.91 Å². The minimum atomic E-state index is -0.169. The molecule has 0 saturated heterocycles. The fraction of sp³-hybridized carbons (Fsp3) is 0.391. The van der Waals surface area contributed by atoms with Crippen LogP contribution in [0.1, 0.15) is 48.1 Å². The number of hydrogen-bond donors (Lipinski definition) is 2. The Balaban J connectivity index is 1.51. The summed E-state index contributed by atoms with van der Waals surface area (Å²) in [5.74, 6) is 0.869. The lowest BCUT2D eigenvalue weighted by Crippen LogP contribution is -2.31. The molecule has 1 saturated carbocycles. The normalized spacial score (nSPS) is 14.3. The Hall–Kier alpha value is -2.82. The van der Waals surface area contributed by atoms with Gasteiger partial charge in [0.15, 0.2) is 6.61 Å². The summed E-state index contributed by atoms with van der Waals surface area (Å²) < 4.78 is 5.75. The highest BCUT2D eigenvalue weighted by Crippen LogP contribution is 2.30. The third-order valence-corrected chi connectivity index (χ3v) is 4.96. The van der Waals surface area contributed by atoms with Crippen LogP contribution in [-0.2, 0) is 9.59 Å². The van der Waals surface area contributed by atoms with Crippen molar-refractivity contribution in [2.45, 2.75) is 46.6 Å². The van der Waals surface area contributed by atoms with Crippen LogP contribution in [0.5, 0.6) is 5.75 Å². The Morgan fingerprint density at radius 2 is 1.68 bits per heavy atom. The lowest BCUT2D eigenvalue weighted by molar-refractivity contribution is -0.123. The monoisotopic (exact) mass is 380 g/mol. The zero-order valence-electron chi connectivity index (χ0n) is 17.0. The number of anilines is 1. The molecular weight excluding hydrogens is 352 g/mol. The molecule has 3 rings (SSSR count). The van der Waals surface area contributed by atoms with Gasteiger partial charge in [0.1, 0.15) is 5.75 Å². The first-order chi connectivity index (χ1) is 13.3. The predicted molar refractivity (Wildman–Crippen MR) is 111 cm³/mol. The summed E-state index contributed by atoms with van der Waals surface area (Å²) in [6.45, 7) is 7.92. The zero-order chi connectivity index (χ0) is 20.3. The molecule has 2 N–H and O–H groups in total. The summed E-state index contributed by atoms with van der Waals surface area (Å²) in [7, 11) is 0. The van der Waals surface area contributed by atoms with Gasteiger partial charge >= 0.3 is 0 Å². The molecule has 1 aliphatic rings. The number of aryl methyl sites for hydroxylation is 3. The molecule has 1 aliphatic carbocycles. The van der Waals surface area contributed by atoms with Gasteiger partial charge in [0, 0.05) is 11.6 Å². The molecule has 2 amide bonds. The van der Waals surface area contributed by atoms with Crippen molar-refractivity contribution in [1.82, 2.24) is 5.32 Å². The third-order valence-electron chi connectivity index (χ3n) is 4.96. The minimum absolute atomic E-state index is 0.0232. The van der Waals surface area contributed by atoms with Gasteiger partial charge in [0.05, 0.1) is 6.04 Å². The topological polar surface area (TPSA) is 67.4 Å². The highest BCUT2D eigenvalue weighted by molar-refractivity contribution is 5.94. The summed E-state index contributed by atoms with van der Waals surface area (Å²) in [4.78, 5) is 24.1. The Morgan fingerprint density at radius 3 is 2.25 bits per heavy atom. The van der Waals surface area contributed by atoms with E-state index < -0.39 is 0 Å². The summed E-state index contributed by atoms with van der Waals surface area (Å²) in [5.41, 5.74) is 5.00. The van der Waals surface area contributed by atoms with E-state index in [4.69, 9.17) is 4.74 Å². The second-order valence-corrected chi connectivity index (χ2v) is 7.69. The molecule has 0 radical (unpaired) electrons. The third kappa shape index (κ3) is 5.12. The van der Waals surface area contributed by atoms with E-state index in [-0.39, 0.29) is 30.4 Å². The van der Waals surface area contributed by atoms with Gasteiger partial charge in [-0.3, -0.25) is 9.59 Å². The van der Waals surface area contributed by atoms with Crippen LogP contribution in [0.25, 0.3) is 0 Å². The number of carbonyl (C=O) groups excluding carboxylic acids is 2. The smallest absolute Gasteiger partial charge is 0.258 e. The average molecular weight is 380 g/mol. The standard InChI is InChI=1S/C23H28N2O3/c1-14-11-15(2)22(16(3)12-14)28-13-21(26)24-17(4)18-7-9-20(10-8-18)25-23(27)19-5-6-19/h7-12,17,19H,5-6,13H2,1-4H3,(H,24,26)(H,25,27)/t17-/m1/s1. The Labute approximate surface area is 166 Å². The quantitative estimate of drug-likeness (QED) is 0.756. The molecule has 2 aromatic rings. The summed E-state index contributed by atoms with van der Waals surface area (Å²) in [6.07, 6.45) is 1.97. The molecule has 0 aromatic heterocycles. The van der Waals surface area contributed by atoms with E-state index in [9.17, 15) is 9.59 Å². The van der Waals surface area contributed by atoms with Crippen LogP contribution in [0, 0.1) is 26.7 Å². The van der Waals surface area contributed by atoms with Crippen molar-refractivity contribution < 1.29 is 14.3 Å². The van der Waals surface area contributed by atoms with E-state index >= 15 is 0 Å². The maximum atomic E-state index is 12.3. The Morgan fingerprint density at radius 1 is 1.07 bits per heavy atom. The van der Waals surface area contributed by atoms with Crippen LogP contribution in [0.3, 0.4) is 0 Å². The van der Waals surface area contributed by atoms with Gasteiger partial charge in [0.2, 0.25) is 5.91 Å². The number of benzene rings is 2. The van der Waals surface area contributed by atoms with E-state index in [1.165, 1.54) is 5.56 Å². The van der Waals surface area contributed by atoms with Crippen LogP contribution < -0.4 is 15.4 Å². The number of nitrogens with one attached hydrogen (secondary N) is 2. The van der Waals surface area contributed by atoms with E-state index in [0.29, 0.717) is 0 Å². The molecule has 1 fully saturated rings. The van der Waals surface area contributed by atoms with E-state index in [1.54, 1.807) is 0 Å². The first-order valence-corrected chi connectivity index (χ1v) is 9.74. The molecule has 5 heteroatoms. The van der Waals surface area contributed by atoms with Crippen LogP contribution in [0.2, 0.25) is 0 Å². The van der Waals surface area contributed by atoms with Gasteiger partial charge in [-0.2, -0.15) is 0 Å². The van der Waals surface area contributed by atoms with Crippen molar-refractivity contribution in [2.24, 2.45) is 5.92 Å². The fourth-order valence-electron chi connectivity index (χ4n) is 3.34. The minimum Gasteiger partial charge on any atom is -0.483 e. The number of rotatable bonds is 7. The molecule has 1 atom stereocenters. The first kappa shape index (κ1) is 19.9. The molecule has 0 heterocycles. The largest absolute Gasteiger partial charge is 0.483 e. The van der Waals surface area contributed by atoms with Crippen molar-refractivity contribution in [3.05, 3.63) is 58.7 Å². The van der Waals surface area contributed by atoms with Crippen LogP contribution in [0.4, 0.5) is 5.69 Å². The first-order valence-electron chi connectivity index (χ1n) is 9.74. The van der Waals surface area contributed by atoms with Crippen molar-refractivity contribution in [3.63, 3.8) is 0 Å². The Kier molecular flexibility index (Phi) is 6.02. The van der Waals surface area contributed by atoms with Crippen molar-refractivity contribution in [2.75, 3.05) is 11.9 Å². The summed E-state index contributed by atoms with van der Waals surface area (Å²) in [6, 6.07) is 11.5. The second kappa shape index (κ2) is 8.46. The maximum Gasteiger partial charge on any atom is 0.258 e. The molecule has 0 unspecified atom stereocenters. The average Bonchev–Trinajstić information content (AvgIpc) is 3.46. The number of hydrogen-bond acceptors (Lipinski definition) is 3. The molecule has 5 nitrogen and oxygen atoms in total. The molecule has 28 heavy (non-hydrogen) atoms. The fourth-order valence-corrected chi connectivity index (χ4v) is 3.34. The molecule has 0 spiro atoms. The van der Waals surface area contributed by atoms with E-state index in [1.807, 2.05) is 64.1 Å². The number of carbonyl (C=O) groups is 2. The van der Waals surface area contributed by atoms with Crippen molar-refractivity contribution in [1.29, 1.82) is 0 Å².